The molecule has 10 heteroatoms. The summed E-state index contributed by atoms with van der Waals surface area (Å²) in [6.45, 7) is 2.07. The molecule has 1 aromatic rings. The zero-order valence-corrected chi connectivity index (χ0v) is 17.5. The number of carbonyl (C=O) groups is 1. The molecule has 0 aromatic carbocycles. The predicted octanol–water partition coefficient (Wildman–Crippen LogP) is 2.70. The van der Waals surface area contributed by atoms with E-state index in [2.05, 4.69) is 17.1 Å². The number of sulfone groups is 1. The zero-order chi connectivity index (χ0) is 17.9. The van der Waals surface area contributed by atoms with Gasteiger partial charge in [-0.05, 0) is 25.0 Å². The monoisotopic (exact) mass is 421 g/mol. The van der Waals surface area contributed by atoms with Crippen LogP contribution in [0.1, 0.15) is 39.0 Å². The summed E-state index contributed by atoms with van der Waals surface area (Å²) in [5.74, 6) is 1.62. The molecule has 0 N–H and O–H groups in total. The molecule has 6 nitrogen and oxygen atoms in total. The van der Waals surface area contributed by atoms with Gasteiger partial charge in [-0.25, -0.2) is 8.42 Å². The minimum atomic E-state index is -3.00. The second kappa shape index (κ2) is 8.58. The minimum absolute atomic E-state index is 0.0406. The average Bonchev–Trinajstić information content (AvgIpc) is 3.28. The second-order valence-corrected chi connectivity index (χ2v) is 12.3. The van der Waals surface area contributed by atoms with Gasteiger partial charge in [0.15, 0.2) is 18.5 Å². The molecule has 1 aromatic heterocycles. The maximum Gasteiger partial charge on any atom is 0.233 e. The predicted molar refractivity (Wildman–Crippen MR) is 103 cm³/mol. The molecule has 0 bridgehead atoms. The van der Waals surface area contributed by atoms with E-state index in [0.29, 0.717) is 12.2 Å². The number of nitrogens with zero attached hydrogens (tertiary/aromatic N) is 3. The van der Waals surface area contributed by atoms with Gasteiger partial charge in [-0.15, -0.1) is 10.2 Å². The van der Waals surface area contributed by atoms with Gasteiger partial charge in [0.25, 0.3) is 0 Å². The van der Waals surface area contributed by atoms with Gasteiger partial charge in [-0.3, -0.25) is 4.79 Å². The van der Waals surface area contributed by atoms with Gasteiger partial charge in [0.2, 0.25) is 5.91 Å². The fourth-order valence-corrected chi connectivity index (χ4v) is 8.02. The highest BCUT2D eigenvalue weighted by Gasteiger charge is 2.38. The first kappa shape index (κ1) is 19.4. The second-order valence-electron chi connectivity index (χ2n) is 6.35. The van der Waals surface area contributed by atoms with E-state index < -0.39 is 9.84 Å². The number of carbonyl (C=O) groups excluding carboxylic acids is 1. The first-order chi connectivity index (χ1) is 12.0. The fraction of sp³-hybridized carbons (Fsp3) is 0.800. The summed E-state index contributed by atoms with van der Waals surface area (Å²) in [5, 5.41) is 8.24. The van der Waals surface area contributed by atoms with Crippen LogP contribution < -0.4 is 0 Å². The first-order valence-electron chi connectivity index (χ1n) is 8.59. The Hall–Kier alpha value is -0.320. The van der Waals surface area contributed by atoms with Crippen molar-refractivity contribution in [3.8, 4) is 0 Å². The highest BCUT2D eigenvalue weighted by Crippen LogP contribution is 2.32. The molecular formula is C15H23N3O3S4. The molecule has 25 heavy (non-hydrogen) atoms. The maximum absolute atomic E-state index is 12.9. The summed E-state index contributed by atoms with van der Waals surface area (Å²) < 4.78 is 25.5. The molecule has 140 valence electrons. The van der Waals surface area contributed by atoms with Gasteiger partial charge in [0.1, 0.15) is 0 Å². The molecule has 2 heterocycles. The van der Waals surface area contributed by atoms with Gasteiger partial charge in [0, 0.05) is 12.1 Å². The van der Waals surface area contributed by atoms with E-state index in [1.807, 2.05) is 4.90 Å². The molecule has 1 saturated heterocycles. The molecule has 2 fully saturated rings. The lowest BCUT2D eigenvalue weighted by Crippen LogP contribution is -2.47. The van der Waals surface area contributed by atoms with Crippen LogP contribution in [-0.2, 0) is 14.6 Å². The van der Waals surface area contributed by atoms with Crippen molar-refractivity contribution in [3.63, 3.8) is 0 Å². The maximum atomic E-state index is 12.9. The fourth-order valence-electron chi connectivity index (χ4n) is 3.52. The van der Waals surface area contributed by atoms with E-state index in [4.69, 9.17) is 0 Å². The zero-order valence-electron chi connectivity index (χ0n) is 14.2. The molecule has 1 aliphatic carbocycles. The van der Waals surface area contributed by atoms with Crippen LogP contribution in [0.15, 0.2) is 8.68 Å². The van der Waals surface area contributed by atoms with Crippen molar-refractivity contribution < 1.29 is 13.2 Å². The number of rotatable bonds is 7. The minimum Gasteiger partial charge on any atom is -0.335 e. The van der Waals surface area contributed by atoms with E-state index in [1.165, 1.54) is 23.1 Å². The van der Waals surface area contributed by atoms with Crippen molar-refractivity contribution in [2.24, 2.45) is 0 Å². The van der Waals surface area contributed by atoms with Crippen LogP contribution in [0.4, 0.5) is 0 Å². The summed E-state index contributed by atoms with van der Waals surface area (Å²) in [4.78, 5) is 14.8. The molecule has 1 aliphatic heterocycles. The summed E-state index contributed by atoms with van der Waals surface area (Å²) in [7, 11) is -3.00. The third kappa shape index (κ3) is 5.11. The highest BCUT2D eigenvalue weighted by atomic mass is 32.2. The lowest BCUT2D eigenvalue weighted by atomic mass is 10.1. The van der Waals surface area contributed by atoms with Crippen LogP contribution in [0.3, 0.4) is 0 Å². The number of amides is 1. The van der Waals surface area contributed by atoms with Crippen molar-refractivity contribution in [1.82, 2.24) is 15.1 Å². The Morgan fingerprint density at radius 2 is 1.84 bits per heavy atom. The van der Waals surface area contributed by atoms with Crippen LogP contribution in [0.2, 0.25) is 0 Å². The van der Waals surface area contributed by atoms with E-state index >= 15 is 0 Å². The van der Waals surface area contributed by atoms with Crippen LogP contribution in [0.5, 0.6) is 0 Å². The van der Waals surface area contributed by atoms with Gasteiger partial charge in [-0.1, -0.05) is 54.6 Å². The normalized spacial score (nSPS) is 23.2. The van der Waals surface area contributed by atoms with Crippen molar-refractivity contribution in [3.05, 3.63) is 0 Å². The quantitative estimate of drug-likeness (QED) is 0.626. The number of aromatic nitrogens is 2. The lowest BCUT2D eigenvalue weighted by Gasteiger charge is -2.34. The third-order valence-corrected chi connectivity index (χ3v) is 9.39. The van der Waals surface area contributed by atoms with E-state index in [9.17, 15) is 13.2 Å². The van der Waals surface area contributed by atoms with Crippen LogP contribution in [0.25, 0.3) is 0 Å². The van der Waals surface area contributed by atoms with E-state index in [0.717, 1.165) is 40.1 Å². The molecular weight excluding hydrogens is 398 g/mol. The summed E-state index contributed by atoms with van der Waals surface area (Å²) in [6.07, 6.45) is 4.79. The molecule has 3 rings (SSSR count). The van der Waals surface area contributed by atoms with Crippen molar-refractivity contribution in [1.29, 1.82) is 0 Å². The molecule has 1 unspecified atom stereocenters. The molecule has 1 amide bonds. The molecule has 2 aliphatic rings. The van der Waals surface area contributed by atoms with E-state index in [-0.39, 0.29) is 29.5 Å². The summed E-state index contributed by atoms with van der Waals surface area (Å²) >= 11 is 4.57. The smallest absolute Gasteiger partial charge is 0.233 e. The van der Waals surface area contributed by atoms with Gasteiger partial charge in [0.05, 0.1) is 17.3 Å². The Balaban J connectivity index is 1.64. The Bertz CT molecular complexity index is 701. The Morgan fingerprint density at radius 1 is 1.16 bits per heavy atom. The number of hydrogen-bond donors (Lipinski definition) is 0. The van der Waals surface area contributed by atoms with Crippen molar-refractivity contribution >= 4 is 50.6 Å². The molecule has 0 radical (unpaired) electrons. The first-order valence-corrected chi connectivity index (χ1v) is 13.2. The SMILES string of the molecule is CCSc1nnc(SCC(=O)N(C2CCCC2)C2CCS(=O)(=O)C2)s1. The Labute approximate surface area is 161 Å². The average molecular weight is 422 g/mol. The Morgan fingerprint density at radius 3 is 2.44 bits per heavy atom. The van der Waals surface area contributed by atoms with Crippen LogP contribution in [-0.4, -0.2) is 64.5 Å². The largest absolute Gasteiger partial charge is 0.335 e. The Kier molecular flexibility index (Phi) is 6.67. The van der Waals surface area contributed by atoms with Gasteiger partial charge >= 0.3 is 0 Å². The van der Waals surface area contributed by atoms with Crippen LogP contribution in [0, 0.1) is 0 Å². The van der Waals surface area contributed by atoms with Gasteiger partial charge < -0.3 is 4.90 Å². The third-order valence-electron chi connectivity index (χ3n) is 4.58. The number of thioether (sulfide) groups is 2. The number of hydrogen-bond acceptors (Lipinski definition) is 8. The van der Waals surface area contributed by atoms with Crippen molar-refractivity contribution in [2.45, 2.75) is 59.8 Å². The molecule has 0 spiro atoms. The molecule has 1 saturated carbocycles. The van der Waals surface area contributed by atoms with Crippen LogP contribution >= 0.6 is 34.9 Å². The van der Waals surface area contributed by atoms with Crippen molar-refractivity contribution in [2.75, 3.05) is 23.0 Å². The van der Waals surface area contributed by atoms with Gasteiger partial charge in [-0.2, -0.15) is 0 Å². The molecule has 1 atom stereocenters. The highest BCUT2D eigenvalue weighted by molar-refractivity contribution is 8.03. The standard InChI is InChI=1S/C15H23N3O3S4/c1-2-22-14-16-17-15(24-14)23-9-13(19)18(11-5-3-4-6-11)12-7-8-25(20,21)10-12/h11-12H,2-10H2,1H3. The summed E-state index contributed by atoms with van der Waals surface area (Å²) in [5.41, 5.74) is 0. The van der Waals surface area contributed by atoms with E-state index in [1.54, 1.807) is 11.8 Å². The topological polar surface area (TPSA) is 80.2 Å². The summed E-state index contributed by atoms with van der Waals surface area (Å²) in [6, 6.07) is 0.0499. The lowest BCUT2D eigenvalue weighted by molar-refractivity contribution is -0.132.